The SMILES string of the molecule is NCc1ccc(-c2nnc(C(c3ccc(Cl)nc3)S(=O)(=O)O)o2)cc1. The lowest BCUT2D eigenvalue weighted by Crippen LogP contribution is -2.14. The lowest BCUT2D eigenvalue weighted by atomic mass is 10.1. The number of aromatic nitrogens is 3. The molecule has 2 aromatic heterocycles. The molecule has 3 aromatic rings. The van der Waals surface area contributed by atoms with Gasteiger partial charge in [-0.3, -0.25) is 4.55 Å². The van der Waals surface area contributed by atoms with E-state index in [2.05, 4.69) is 15.2 Å². The van der Waals surface area contributed by atoms with Gasteiger partial charge in [0.15, 0.2) is 5.25 Å². The lowest BCUT2D eigenvalue weighted by Gasteiger charge is -2.09. The molecule has 0 bridgehead atoms. The Balaban J connectivity index is 2.00. The topological polar surface area (TPSA) is 132 Å². The van der Waals surface area contributed by atoms with Crippen LogP contribution >= 0.6 is 11.6 Å². The minimum absolute atomic E-state index is 0.120. The van der Waals surface area contributed by atoms with Crippen molar-refractivity contribution in [3.05, 3.63) is 64.8 Å². The Morgan fingerprint density at radius 2 is 1.88 bits per heavy atom. The monoisotopic (exact) mass is 380 g/mol. The molecule has 3 N–H and O–H groups in total. The van der Waals surface area contributed by atoms with Gasteiger partial charge in [0.05, 0.1) is 0 Å². The van der Waals surface area contributed by atoms with Crippen LogP contribution in [0.15, 0.2) is 47.0 Å². The van der Waals surface area contributed by atoms with Gasteiger partial charge >= 0.3 is 0 Å². The van der Waals surface area contributed by atoms with Crippen LogP contribution in [0.5, 0.6) is 0 Å². The number of halogens is 1. The fourth-order valence-corrected chi connectivity index (χ4v) is 3.17. The lowest BCUT2D eigenvalue weighted by molar-refractivity contribution is 0.450. The van der Waals surface area contributed by atoms with E-state index in [1.165, 1.54) is 18.3 Å². The Hall–Kier alpha value is -2.33. The van der Waals surface area contributed by atoms with E-state index < -0.39 is 15.4 Å². The first-order valence-corrected chi connectivity index (χ1v) is 8.97. The molecule has 10 heteroatoms. The van der Waals surface area contributed by atoms with Crippen LogP contribution < -0.4 is 5.73 Å². The van der Waals surface area contributed by atoms with Crippen molar-refractivity contribution in [2.24, 2.45) is 5.73 Å². The summed E-state index contributed by atoms with van der Waals surface area (Å²) < 4.78 is 38.6. The summed E-state index contributed by atoms with van der Waals surface area (Å²) in [5, 5.41) is 6.24. The van der Waals surface area contributed by atoms with Crippen molar-refractivity contribution < 1.29 is 17.4 Å². The third-order valence-electron chi connectivity index (χ3n) is 3.45. The molecular formula is C15H13ClN4O4S. The second-order valence-electron chi connectivity index (χ2n) is 5.16. The second kappa shape index (κ2) is 6.89. The molecule has 1 unspecified atom stereocenters. The van der Waals surface area contributed by atoms with E-state index in [0.717, 1.165) is 5.56 Å². The molecule has 130 valence electrons. The largest absolute Gasteiger partial charge is 0.419 e. The predicted octanol–water partition coefficient (Wildman–Crippen LogP) is 2.22. The average molecular weight is 381 g/mol. The van der Waals surface area contributed by atoms with Crippen LogP contribution in [0.1, 0.15) is 22.3 Å². The minimum Gasteiger partial charge on any atom is -0.419 e. The fourth-order valence-electron chi connectivity index (χ4n) is 2.22. The van der Waals surface area contributed by atoms with E-state index in [0.29, 0.717) is 12.1 Å². The number of nitrogens with zero attached hydrogens (tertiary/aromatic N) is 3. The van der Waals surface area contributed by atoms with Crippen molar-refractivity contribution in [2.45, 2.75) is 11.8 Å². The van der Waals surface area contributed by atoms with Gasteiger partial charge in [-0.2, -0.15) is 8.42 Å². The summed E-state index contributed by atoms with van der Waals surface area (Å²) in [5.74, 6) is -0.154. The molecule has 1 atom stereocenters. The van der Waals surface area contributed by atoms with Crippen LogP contribution in [0.2, 0.25) is 5.15 Å². The van der Waals surface area contributed by atoms with Crippen LogP contribution in [0.3, 0.4) is 0 Å². The highest BCUT2D eigenvalue weighted by molar-refractivity contribution is 7.86. The van der Waals surface area contributed by atoms with Crippen LogP contribution in [-0.4, -0.2) is 28.2 Å². The van der Waals surface area contributed by atoms with Gasteiger partial charge < -0.3 is 10.2 Å². The van der Waals surface area contributed by atoms with Crippen LogP contribution in [-0.2, 0) is 16.7 Å². The summed E-state index contributed by atoms with van der Waals surface area (Å²) in [4.78, 5) is 3.81. The summed E-state index contributed by atoms with van der Waals surface area (Å²) in [7, 11) is -4.56. The summed E-state index contributed by atoms with van der Waals surface area (Å²) in [5.41, 5.74) is 7.22. The van der Waals surface area contributed by atoms with Gasteiger partial charge in [-0.1, -0.05) is 29.8 Å². The molecule has 25 heavy (non-hydrogen) atoms. The summed E-state index contributed by atoms with van der Waals surface area (Å²) in [6.07, 6.45) is 1.22. The Kier molecular flexibility index (Phi) is 4.82. The van der Waals surface area contributed by atoms with Gasteiger partial charge in [0.25, 0.3) is 10.1 Å². The molecule has 1 aromatic carbocycles. The zero-order valence-electron chi connectivity index (χ0n) is 12.7. The summed E-state index contributed by atoms with van der Waals surface area (Å²) in [6, 6.07) is 9.86. The van der Waals surface area contributed by atoms with E-state index in [9.17, 15) is 13.0 Å². The van der Waals surface area contributed by atoms with Crippen LogP contribution in [0.25, 0.3) is 11.5 Å². The molecule has 2 heterocycles. The van der Waals surface area contributed by atoms with Gasteiger partial charge in [-0.05, 0) is 23.8 Å². The molecule has 0 aliphatic carbocycles. The second-order valence-corrected chi connectivity index (χ2v) is 7.04. The molecule has 0 saturated heterocycles. The van der Waals surface area contributed by atoms with Crippen molar-refractivity contribution in [2.75, 3.05) is 0 Å². The molecule has 0 radical (unpaired) electrons. The third kappa shape index (κ3) is 3.85. The predicted molar refractivity (Wildman–Crippen MR) is 90.3 cm³/mol. The van der Waals surface area contributed by atoms with E-state index in [-0.39, 0.29) is 22.5 Å². The van der Waals surface area contributed by atoms with Gasteiger partial charge in [0.1, 0.15) is 5.15 Å². The number of nitrogens with two attached hydrogens (primary N) is 1. The molecule has 0 spiro atoms. The zero-order chi connectivity index (χ0) is 18.0. The van der Waals surface area contributed by atoms with Crippen LogP contribution in [0.4, 0.5) is 0 Å². The maximum atomic E-state index is 11.8. The fraction of sp³-hybridized carbons (Fsp3) is 0.133. The van der Waals surface area contributed by atoms with E-state index in [1.807, 2.05) is 0 Å². The Labute approximate surface area is 148 Å². The number of hydrogen-bond acceptors (Lipinski definition) is 7. The maximum Gasteiger partial charge on any atom is 0.281 e. The molecule has 0 amide bonds. The number of rotatable bonds is 5. The smallest absolute Gasteiger partial charge is 0.281 e. The van der Waals surface area contributed by atoms with E-state index in [1.54, 1.807) is 24.3 Å². The highest BCUT2D eigenvalue weighted by atomic mass is 35.5. The highest BCUT2D eigenvalue weighted by Gasteiger charge is 2.33. The Morgan fingerprint density at radius 1 is 1.16 bits per heavy atom. The Morgan fingerprint density at radius 3 is 2.44 bits per heavy atom. The van der Waals surface area contributed by atoms with Gasteiger partial charge in [-0.25, -0.2) is 4.98 Å². The summed E-state index contributed by atoms with van der Waals surface area (Å²) >= 11 is 5.70. The normalized spacial score (nSPS) is 12.9. The van der Waals surface area contributed by atoms with E-state index >= 15 is 0 Å². The van der Waals surface area contributed by atoms with Gasteiger partial charge in [0.2, 0.25) is 11.8 Å². The van der Waals surface area contributed by atoms with Crippen molar-refractivity contribution in [3.63, 3.8) is 0 Å². The third-order valence-corrected chi connectivity index (χ3v) is 4.75. The van der Waals surface area contributed by atoms with E-state index in [4.69, 9.17) is 21.8 Å². The summed E-state index contributed by atoms with van der Waals surface area (Å²) in [6.45, 7) is 0.393. The first kappa shape index (κ1) is 17.5. The standard InChI is InChI=1S/C15H13ClN4O4S/c16-12-6-5-11(8-18-12)13(25(21,22)23)15-20-19-14(24-15)10-3-1-9(7-17)2-4-10/h1-6,8,13H,7,17H2,(H,21,22,23). The van der Waals surface area contributed by atoms with Crippen molar-refractivity contribution in [3.8, 4) is 11.5 Å². The molecule has 0 fully saturated rings. The number of benzene rings is 1. The highest BCUT2D eigenvalue weighted by Crippen LogP contribution is 2.30. The maximum absolute atomic E-state index is 11.8. The van der Waals surface area contributed by atoms with Gasteiger partial charge in [0, 0.05) is 23.9 Å². The first-order valence-electron chi connectivity index (χ1n) is 7.09. The minimum atomic E-state index is -4.56. The first-order chi connectivity index (χ1) is 11.9. The van der Waals surface area contributed by atoms with Gasteiger partial charge in [-0.15, -0.1) is 10.2 Å². The average Bonchev–Trinajstić information content (AvgIpc) is 3.05. The zero-order valence-corrected chi connectivity index (χ0v) is 14.3. The van der Waals surface area contributed by atoms with Crippen molar-refractivity contribution >= 4 is 21.7 Å². The van der Waals surface area contributed by atoms with Crippen molar-refractivity contribution in [1.82, 2.24) is 15.2 Å². The molecule has 0 aliphatic heterocycles. The van der Waals surface area contributed by atoms with Crippen molar-refractivity contribution in [1.29, 1.82) is 0 Å². The molecule has 3 rings (SSSR count). The molecule has 0 saturated carbocycles. The Bertz CT molecular complexity index is 972. The number of hydrogen-bond donors (Lipinski definition) is 2. The molecular weight excluding hydrogens is 368 g/mol. The van der Waals surface area contributed by atoms with Crippen LogP contribution in [0, 0.1) is 0 Å². The number of pyridine rings is 1. The molecule has 0 aliphatic rings. The molecule has 8 nitrogen and oxygen atoms in total. The quantitative estimate of drug-likeness (QED) is 0.508.